The summed E-state index contributed by atoms with van der Waals surface area (Å²) >= 11 is 0. The molecule has 2 heterocycles. The number of carbonyl (C=O) groups is 2. The third kappa shape index (κ3) is 4.91. The second-order valence-electron chi connectivity index (χ2n) is 6.97. The second kappa shape index (κ2) is 8.87. The first kappa shape index (κ1) is 22.8. The standard InChI is InChI=1S/C18H25N3O7S/c1-10(19)16(12(3)22)15(23)9-27-18(24)14-6-5-7-21(8-14)29(25,26)17-11(2)20-28-13(17)4/h14,19,23H,5-9H2,1-4H3/b16-15-,19-10?. The molecule has 2 rings (SSSR count). The van der Waals surface area contributed by atoms with Crippen molar-refractivity contribution in [2.24, 2.45) is 5.92 Å². The maximum absolute atomic E-state index is 12.9. The van der Waals surface area contributed by atoms with Crippen molar-refractivity contribution >= 4 is 27.5 Å². The van der Waals surface area contributed by atoms with Crippen LogP contribution < -0.4 is 0 Å². The van der Waals surface area contributed by atoms with Gasteiger partial charge in [0.15, 0.2) is 11.5 Å². The number of hydrogen-bond acceptors (Lipinski definition) is 9. The number of aliphatic hydroxyl groups is 1. The van der Waals surface area contributed by atoms with E-state index < -0.39 is 40.1 Å². The van der Waals surface area contributed by atoms with Gasteiger partial charge in [0.2, 0.25) is 10.0 Å². The summed E-state index contributed by atoms with van der Waals surface area (Å²) in [6.45, 7) is 5.21. The highest BCUT2D eigenvalue weighted by molar-refractivity contribution is 7.89. The van der Waals surface area contributed by atoms with E-state index in [0.29, 0.717) is 12.8 Å². The van der Waals surface area contributed by atoms with Crippen molar-refractivity contribution in [2.75, 3.05) is 19.7 Å². The number of aliphatic hydroxyl groups excluding tert-OH is 1. The highest BCUT2D eigenvalue weighted by atomic mass is 32.2. The van der Waals surface area contributed by atoms with Gasteiger partial charge < -0.3 is 19.8 Å². The Bertz CT molecular complexity index is 927. The smallest absolute Gasteiger partial charge is 0.310 e. The molecule has 1 saturated heterocycles. The van der Waals surface area contributed by atoms with Crippen molar-refractivity contribution in [2.45, 2.75) is 45.4 Å². The zero-order valence-corrected chi connectivity index (χ0v) is 17.6. The highest BCUT2D eigenvalue weighted by Crippen LogP contribution is 2.28. The molecule has 0 bridgehead atoms. The molecule has 0 radical (unpaired) electrons. The Labute approximate surface area is 169 Å². The van der Waals surface area contributed by atoms with Crippen LogP contribution in [0.5, 0.6) is 0 Å². The topological polar surface area (TPSA) is 151 Å². The van der Waals surface area contributed by atoms with Gasteiger partial charge in [-0.05, 0) is 40.5 Å². The molecule has 0 spiro atoms. The van der Waals surface area contributed by atoms with Crippen LogP contribution in [0.1, 0.15) is 38.1 Å². The number of hydrogen-bond donors (Lipinski definition) is 2. The molecule has 1 aliphatic rings. The van der Waals surface area contributed by atoms with Gasteiger partial charge in [0.1, 0.15) is 23.0 Å². The number of sulfonamides is 1. The van der Waals surface area contributed by atoms with Gasteiger partial charge in [-0.2, -0.15) is 4.31 Å². The van der Waals surface area contributed by atoms with E-state index in [1.54, 1.807) is 0 Å². The normalized spacial score (nSPS) is 18.8. The zero-order chi connectivity index (χ0) is 21.9. The SMILES string of the molecule is CC(=N)/C(C(C)=O)=C(/O)COC(=O)C1CCCN(S(=O)(=O)c2c(C)noc2C)C1. The first-order valence-electron chi connectivity index (χ1n) is 9.05. The molecule has 10 nitrogen and oxygen atoms in total. The lowest BCUT2D eigenvalue weighted by atomic mass is 10.00. The van der Waals surface area contributed by atoms with Gasteiger partial charge in [0, 0.05) is 18.8 Å². The Morgan fingerprint density at radius 3 is 2.52 bits per heavy atom. The molecule has 1 atom stereocenters. The maximum Gasteiger partial charge on any atom is 0.310 e. The van der Waals surface area contributed by atoms with Crippen molar-refractivity contribution in [3.8, 4) is 0 Å². The van der Waals surface area contributed by atoms with E-state index in [9.17, 15) is 23.1 Å². The van der Waals surface area contributed by atoms with E-state index >= 15 is 0 Å². The van der Waals surface area contributed by atoms with E-state index in [2.05, 4.69) is 5.16 Å². The Morgan fingerprint density at radius 2 is 2.00 bits per heavy atom. The van der Waals surface area contributed by atoms with Crippen LogP contribution in [0, 0.1) is 25.2 Å². The molecule has 0 saturated carbocycles. The summed E-state index contributed by atoms with van der Waals surface area (Å²) in [5, 5.41) is 21.2. The van der Waals surface area contributed by atoms with Crippen molar-refractivity contribution in [1.29, 1.82) is 5.41 Å². The fourth-order valence-electron chi connectivity index (χ4n) is 3.34. The number of allylic oxidation sites excluding steroid dienone is 1. The first-order valence-corrected chi connectivity index (χ1v) is 10.5. The van der Waals surface area contributed by atoms with Crippen molar-refractivity contribution < 1.29 is 32.4 Å². The predicted molar refractivity (Wildman–Crippen MR) is 102 cm³/mol. The van der Waals surface area contributed by atoms with Gasteiger partial charge in [-0.15, -0.1) is 0 Å². The van der Waals surface area contributed by atoms with Gasteiger partial charge >= 0.3 is 5.97 Å². The minimum atomic E-state index is -3.88. The van der Waals surface area contributed by atoms with E-state index in [-0.39, 0.29) is 40.7 Å². The number of ketones is 1. The molecule has 0 aliphatic carbocycles. The lowest BCUT2D eigenvalue weighted by Gasteiger charge is -2.30. The van der Waals surface area contributed by atoms with Crippen LogP contribution in [0.25, 0.3) is 0 Å². The average Bonchev–Trinajstić information content (AvgIpc) is 2.98. The lowest BCUT2D eigenvalue weighted by molar-refractivity contribution is -0.149. The predicted octanol–water partition coefficient (Wildman–Crippen LogP) is 1.68. The summed E-state index contributed by atoms with van der Waals surface area (Å²) in [5.74, 6) is -2.23. The van der Waals surface area contributed by atoms with Crippen molar-refractivity contribution in [1.82, 2.24) is 9.46 Å². The minimum absolute atomic E-state index is 0.000321. The molecule has 0 aromatic carbocycles. The lowest BCUT2D eigenvalue weighted by Crippen LogP contribution is -2.43. The Kier molecular flexibility index (Phi) is 6.96. The molecular weight excluding hydrogens is 402 g/mol. The van der Waals surface area contributed by atoms with E-state index in [1.807, 2.05) is 0 Å². The van der Waals surface area contributed by atoms with Crippen LogP contribution in [0.4, 0.5) is 0 Å². The molecule has 1 aliphatic heterocycles. The van der Waals surface area contributed by atoms with E-state index in [0.717, 1.165) is 0 Å². The molecule has 1 aromatic heterocycles. The number of aryl methyl sites for hydroxylation is 2. The van der Waals surface area contributed by atoms with E-state index in [1.165, 1.54) is 32.0 Å². The number of Topliss-reactive ketones (excluding diaryl/α,β-unsaturated/α-hetero) is 1. The molecule has 160 valence electrons. The maximum atomic E-state index is 12.9. The first-order chi connectivity index (χ1) is 13.5. The van der Waals surface area contributed by atoms with Crippen LogP contribution in [0.3, 0.4) is 0 Å². The zero-order valence-electron chi connectivity index (χ0n) is 16.8. The Hall–Kier alpha value is -2.53. The van der Waals surface area contributed by atoms with Crippen LogP contribution in [0.2, 0.25) is 0 Å². The van der Waals surface area contributed by atoms with Crippen LogP contribution >= 0.6 is 0 Å². The summed E-state index contributed by atoms with van der Waals surface area (Å²) in [6, 6.07) is 0. The van der Waals surface area contributed by atoms with E-state index in [4.69, 9.17) is 14.7 Å². The van der Waals surface area contributed by atoms with Crippen LogP contribution in [-0.2, 0) is 24.3 Å². The quantitative estimate of drug-likeness (QED) is 0.289. The Morgan fingerprint density at radius 1 is 1.34 bits per heavy atom. The number of piperidine rings is 1. The highest BCUT2D eigenvalue weighted by Gasteiger charge is 2.37. The summed E-state index contributed by atoms with van der Waals surface area (Å²) in [7, 11) is -3.88. The summed E-state index contributed by atoms with van der Waals surface area (Å²) in [5.41, 5.74) is -0.0921. The van der Waals surface area contributed by atoms with Crippen LogP contribution in [0.15, 0.2) is 20.8 Å². The van der Waals surface area contributed by atoms with Gasteiger partial charge in [0.25, 0.3) is 0 Å². The molecule has 0 amide bonds. The number of nitrogens with zero attached hydrogens (tertiary/aromatic N) is 2. The third-order valence-electron chi connectivity index (χ3n) is 4.65. The number of rotatable bonds is 7. The number of esters is 1. The molecular formula is C18H25N3O7S. The molecule has 2 N–H and O–H groups in total. The van der Waals surface area contributed by atoms with Crippen molar-refractivity contribution in [3.63, 3.8) is 0 Å². The fraction of sp³-hybridized carbons (Fsp3) is 0.556. The van der Waals surface area contributed by atoms with Crippen molar-refractivity contribution in [3.05, 3.63) is 22.8 Å². The summed E-state index contributed by atoms with van der Waals surface area (Å²) < 4.78 is 37.1. The number of aromatic nitrogens is 1. The summed E-state index contributed by atoms with van der Waals surface area (Å²) in [6.07, 6.45) is 0.891. The third-order valence-corrected chi connectivity index (χ3v) is 6.76. The number of ether oxygens (including phenoxy) is 1. The minimum Gasteiger partial charge on any atom is -0.508 e. The molecule has 1 fully saturated rings. The van der Waals surface area contributed by atoms with Gasteiger partial charge in [0.05, 0.1) is 11.5 Å². The van der Waals surface area contributed by atoms with Gasteiger partial charge in [-0.1, -0.05) is 5.16 Å². The average molecular weight is 427 g/mol. The molecule has 1 unspecified atom stereocenters. The Balaban J connectivity index is 2.11. The fourth-order valence-corrected chi connectivity index (χ4v) is 5.15. The monoisotopic (exact) mass is 427 g/mol. The molecule has 29 heavy (non-hydrogen) atoms. The van der Waals surface area contributed by atoms with Gasteiger partial charge in [-0.25, -0.2) is 8.42 Å². The van der Waals surface area contributed by atoms with Gasteiger partial charge in [-0.3, -0.25) is 9.59 Å². The van der Waals surface area contributed by atoms with Crippen LogP contribution in [-0.4, -0.2) is 60.1 Å². The molecule has 1 aromatic rings. The number of nitrogens with one attached hydrogen (secondary N) is 1. The largest absolute Gasteiger partial charge is 0.508 e. The number of carbonyl (C=O) groups excluding carboxylic acids is 2. The molecule has 11 heteroatoms. The second-order valence-corrected chi connectivity index (χ2v) is 8.84. The summed E-state index contributed by atoms with van der Waals surface area (Å²) in [4.78, 5) is 23.9.